The summed E-state index contributed by atoms with van der Waals surface area (Å²) in [5.41, 5.74) is 2.46. The van der Waals surface area contributed by atoms with E-state index in [0.717, 1.165) is 0 Å². The van der Waals surface area contributed by atoms with E-state index in [-0.39, 0.29) is 40.9 Å². The molecule has 0 spiro atoms. The van der Waals surface area contributed by atoms with E-state index in [1.165, 1.54) is 18.2 Å². The van der Waals surface area contributed by atoms with E-state index in [1.807, 2.05) is 0 Å². The normalized spacial score (nSPS) is 9.20. The van der Waals surface area contributed by atoms with Crippen LogP contribution >= 0.6 is 0 Å². The second kappa shape index (κ2) is 7.69. The summed E-state index contributed by atoms with van der Waals surface area (Å²) in [7, 11) is 0. The number of benzene rings is 2. The second-order valence-corrected chi connectivity index (χ2v) is 3.68. The average molecular weight is 279 g/mol. The number of hydrogen-bond donors (Lipinski definition) is 1. The molecule has 0 radical (unpaired) electrons. The van der Waals surface area contributed by atoms with Crippen molar-refractivity contribution in [1.29, 1.82) is 0 Å². The number of nitrogens with one attached hydrogen (secondary N) is 1. The Morgan fingerprint density at radius 3 is 2.20 bits per heavy atom. The molecule has 20 heavy (non-hydrogen) atoms. The maximum Gasteiger partial charge on any atom is 1.00 e. The number of carboxylic acids is 1. The molecule has 0 aliphatic heterocycles. The van der Waals surface area contributed by atoms with Crippen molar-refractivity contribution in [2.75, 3.05) is 0 Å². The molecule has 2 rings (SSSR count). The molecule has 0 fully saturated rings. The van der Waals surface area contributed by atoms with E-state index in [2.05, 4.69) is 5.48 Å². The Morgan fingerprint density at radius 1 is 0.950 bits per heavy atom. The van der Waals surface area contributed by atoms with Crippen LogP contribution in [-0.2, 0) is 0 Å². The monoisotopic (exact) mass is 279 g/mol. The van der Waals surface area contributed by atoms with E-state index in [1.54, 1.807) is 36.4 Å². The molecule has 96 valence electrons. The molecule has 0 unspecified atom stereocenters. The van der Waals surface area contributed by atoms with Gasteiger partial charge < -0.3 is 14.7 Å². The Bertz CT molecular complexity index is 601. The quantitative estimate of drug-likeness (QED) is 0.508. The summed E-state index contributed by atoms with van der Waals surface area (Å²) in [5.74, 6) is -1.81. The van der Waals surface area contributed by atoms with Crippen LogP contribution in [0, 0.1) is 0 Å². The third-order valence-corrected chi connectivity index (χ3v) is 2.40. The van der Waals surface area contributed by atoms with Crippen molar-refractivity contribution in [2.45, 2.75) is 0 Å². The number of para-hydroxylation sites is 1. The van der Waals surface area contributed by atoms with Crippen LogP contribution in [0.4, 0.5) is 0 Å². The average Bonchev–Trinajstić information content (AvgIpc) is 2.46. The number of hydrogen-bond acceptors (Lipinski definition) is 4. The molecule has 0 saturated carbocycles. The van der Waals surface area contributed by atoms with Crippen LogP contribution in [0.3, 0.4) is 0 Å². The SMILES string of the molecule is O=C(NOc1ccccc1C(=O)[O-])c1ccccc1.[Na+]. The van der Waals surface area contributed by atoms with Crippen molar-refractivity contribution in [1.82, 2.24) is 5.48 Å². The largest absolute Gasteiger partial charge is 1.00 e. The maximum absolute atomic E-state index is 11.7. The molecule has 2 aromatic carbocycles. The molecular weight excluding hydrogens is 269 g/mol. The molecule has 0 aliphatic carbocycles. The summed E-state index contributed by atoms with van der Waals surface area (Å²) in [6.45, 7) is 0. The predicted molar refractivity (Wildman–Crippen MR) is 65.3 cm³/mol. The Balaban J connectivity index is 0.00000200. The molecular formula is C14H10NNaO4. The zero-order valence-electron chi connectivity index (χ0n) is 10.8. The first-order valence-corrected chi connectivity index (χ1v) is 5.51. The first-order chi connectivity index (χ1) is 9.18. The van der Waals surface area contributed by atoms with Gasteiger partial charge in [0.15, 0.2) is 5.75 Å². The summed E-state index contributed by atoms with van der Waals surface area (Å²) in [6.07, 6.45) is 0. The Kier molecular flexibility index (Phi) is 6.24. The number of carboxylic acid groups (broad SMARTS) is 1. The van der Waals surface area contributed by atoms with E-state index in [4.69, 9.17) is 4.84 Å². The summed E-state index contributed by atoms with van der Waals surface area (Å²) in [5, 5.41) is 10.8. The fourth-order valence-corrected chi connectivity index (χ4v) is 1.47. The van der Waals surface area contributed by atoms with Crippen LogP contribution in [0.1, 0.15) is 20.7 Å². The molecule has 0 bridgehead atoms. The summed E-state index contributed by atoms with van der Waals surface area (Å²) >= 11 is 0. The number of carbonyl (C=O) groups is 2. The number of amides is 1. The van der Waals surface area contributed by atoms with Crippen molar-refractivity contribution < 1.29 is 49.1 Å². The van der Waals surface area contributed by atoms with Gasteiger partial charge in [-0.2, -0.15) is 5.48 Å². The first kappa shape index (κ1) is 16.2. The van der Waals surface area contributed by atoms with Gasteiger partial charge in [-0.25, -0.2) is 0 Å². The van der Waals surface area contributed by atoms with Crippen LogP contribution in [0.5, 0.6) is 5.75 Å². The molecule has 0 heterocycles. The van der Waals surface area contributed by atoms with Gasteiger partial charge in [0, 0.05) is 11.1 Å². The molecule has 0 aromatic heterocycles. The summed E-state index contributed by atoms with van der Waals surface area (Å²) in [4.78, 5) is 27.5. The Labute approximate surface area is 137 Å². The first-order valence-electron chi connectivity index (χ1n) is 5.51. The van der Waals surface area contributed by atoms with E-state index >= 15 is 0 Å². The minimum absolute atomic E-state index is 0. The van der Waals surface area contributed by atoms with E-state index in [0.29, 0.717) is 5.56 Å². The molecule has 1 N–H and O–H groups in total. The van der Waals surface area contributed by atoms with Crippen molar-refractivity contribution in [3.05, 3.63) is 65.7 Å². The van der Waals surface area contributed by atoms with E-state index in [9.17, 15) is 14.7 Å². The van der Waals surface area contributed by atoms with Gasteiger partial charge in [0.05, 0.1) is 5.97 Å². The number of aromatic carboxylic acids is 1. The maximum atomic E-state index is 11.7. The minimum Gasteiger partial charge on any atom is -0.545 e. The van der Waals surface area contributed by atoms with Gasteiger partial charge in [-0.05, 0) is 24.3 Å². The standard InChI is InChI=1S/C14H11NO4.Na/c16-13(10-6-2-1-3-7-10)15-19-12-9-5-4-8-11(12)14(17)18;/h1-9H,(H,15,16)(H,17,18);/q;+1/p-1. The zero-order valence-corrected chi connectivity index (χ0v) is 12.8. The van der Waals surface area contributed by atoms with Gasteiger partial charge in [0.25, 0.3) is 5.91 Å². The van der Waals surface area contributed by atoms with Crippen LogP contribution in [0.25, 0.3) is 0 Å². The van der Waals surface area contributed by atoms with Gasteiger partial charge in [-0.15, -0.1) is 0 Å². The fourth-order valence-electron chi connectivity index (χ4n) is 1.47. The molecule has 0 aliphatic rings. The van der Waals surface area contributed by atoms with E-state index < -0.39 is 11.9 Å². The third-order valence-electron chi connectivity index (χ3n) is 2.40. The molecule has 6 heteroatoms. The van der Waals surface area contributed by atoms with Gasteiger partial charge >= 0.3 is 29.6 Å². The number of rotatable bonds is 4. The molecule has 5 nitrogen and oxygen atoms in total. The summed E-state index contributed by atoms with van der Waals surface area (Å²) < 4.78 is 0. The zero-order chi connectivity index (χ0) is 13.7. The van der Waals surface area contributed by atoms with Crippen LogP contribution in [0.15, 0.2) is 54.6 Å². The molecule has 2 aromatic rings. The molecule has 1 amide bonds. The van der Waals surface area contributed by atoms with Gasteiger partial charge in [0.2, 0.25) is 0 Å². The predicted octanol–water partition coefficient (Wildman–Crippen LogP) is -2.22. The van der Waals surface area contributed by atoms with Crippen molar-refractivity contribution >= 4 is 11.9 Å². The smallest absolute Gasteiger partial charge is 0.545 e. The number of carbonyl (C=O) groups excluding carboxylic acids is 2. The topological polar surface area (TPSA) is 78.5 Å². The van der Waals surface area contributed by atoms with Crippen LogP contribution < -0.4 is 45.0 Å². The molecule has 0 atom stereocenters. The van der Waals surface area contributed by atoms with Crippen molar-refractivity contribution in [2.24, 2.45) is 0 Å². The van der Waals surface area contributed by atoms with Crippen molar-refractivity contribution in [3.8, 4) is 5.75 Å². The van der Waals surface area contributed by atoms with Crippen LogP contribution in [0.2, 0.25) is 0 Å². The summed E-state index contributed by atoms with van der Waals surface area (Å²) in [6, 6.07) is 14.3. The van der Waals surface area contributed by atoms with Gasteiger partial charge in [-0.3, -0.25) is 4.79 Å². The van der Waals surface area contributed by atoms with Crippen molar-refractivity contribution in [3.63, 3.8) is 0 Å². The van der Waals surface area contributed by atoms with Gasteiger partial charge in [-0.1, -0.05) is 30.3 Å². The fraction of sp³-hybridized carbons (Fsp3) is 0. The van der Waals surface area contributed by atoms with Crippen LogP contribution in [-0.4, -0.2) is 11.9 Å². The Morgan fingerprint density at radius 2 is 1.55 bits per heavy atom. The van der Waals surface area contributed by atoms with Gasteiger partial charge in [0.1, 0.15) is 0 Å². The second-order valence-electron chi connectivity index (χ2n) is 3.68. The molecule has 0 saturated heterocycles. The third kappa shape index (κ3) is 4.09. The minimum atomic E-state index is -1.37. The number of hydroxylamine groups is 1. The Hall–Kier alpha value is -1.82.